The minimum absolute atomic E-state index is 0.00910. The number of pyridine rings is 1. The number of sulfonamides is 1. The number of aromatic nitrogens is 2. The van der Waals surface area contributed by atoms with Crippen LogP contribution in [0.3, 0.4) is 0 Å². The molecule has 0 unspecified atom stereocenters. The Labute approximate surface area is 208 Å². The number of nitrogens with one attached hydrogen (secondary N) is 1. The van der Waals surface area contributed by atoms with Crippen molar-refractivity contribution in [2.75, 3.05) is 4.31 Å². The highest BCUT2D eigenvalue weighted by Gasteiger charge is 2.32. The SMILES string of the molecule is Cc1nc(N(Cc2ccc(OC(F)(F)F)cc2)S(=O)(=O)c2ccc(C(=O)O)cc2)c2[nH]ccc2c1Cl. The van der Waals surface area contributed by atoms with Gasteiger partial charge in [0.05, 0.1) is 33.2 Å². The van der Waals surface area contributed by atoms with Crippen molar-refractivity contribution >= 4 is 44.3 Å². The van der Waals surface area contributed by atoms with Gasteiger partial charge in [0.25, 0.3) is 10.0 Å². The maximum atomic E-state index is 13.8. The zero-order chi connectivity index (χ0) is 26.3. The summed E-state index contributed by atoms with van der Waals surface area (Å²) in [6.45, 7) is 1.30. The van der Waals surface area contributed by atoms with E-state index in [1.54, 1.807) is 19.2 Å². The Morgan fingerprint density at radius 2 is 1.75 bits per heavy atom. The molecule has 188 valence electrons. The summed E-state index contributed by atoms with van der Waals surface area (Å²) in [6.07, 6.45) is -3.31. The van der Waals surface area contributed by atoms with Crippen LogP contribution in [-0.4, -0.2) is 35.8 Å². The number of fused-ring (bicyclic) bond motifs is 1. The molecule has 0 aliphatic rings. The molecule has 0 amide bonds. The maximum absolute atomic E-state index is 13.8. The molecule has 0 aliphatic carbocycles. The molecule has 2 N–H and O–H groups in total. The lowest BCUT2D eigenvalue weighted by Crippen LogP contribution is -2.32. The van der Waals surface area contributed by atoms with Gasteiger partial charge in [-0.05, 0) is 55.0 Å². The van der Waals surface area contributed by atoms with Crippen LogP contribution in [0, 0.1) is 6.92 Å². The highest BCUT2D eigenvalue weighted by Crippen LogP contribution is 2.35. The van der Waals surface area contributed by atoms with Crippen LogP contribution in [-0.2, 0) is 16.6 Å². The summed E-state index contributed by atoms with van der Waals surface area (Å²) in [5.74, 6) is -1.67. The number of aryl methyl sites for hydroxylation is 1. The molecule has 4 rings (SSSR count). The van der Waals surface area contributed by atoms with Crippen molar-refractivity contribution in [3.8, 4) is 5.75 Å². The molecule has 0 aliphatic heterocycles. The second kappa shape index (κ2) is 9.36. The van der Waals surface area contributed by atoms with Gasteiger partial charge in [0.15, 0.2) is 5.82 Å². The third-order valence-electron chi connectivity index (χ3n) is 5.21. The van der Waals surface area contributed by atoms with Gasteiger partial charge in [-0.1, -0.05) is 23.7 Å². The van der Waals surface area contributed by atoms with E-state index in [0.717, 1.165) is 40.7 Å². The summed E-state index contributed by atoms with van der Waals surface area (Å²) in [7, 11) is -4.33. The molecule has 2 aromatic carbocycles. The molecule has 2 aromatic heterocycles. The summed E-state index contributed by atoms with van der Waals surface area (Å²) in [6, 6.07) is 11.0. The van der Waals surface area contributed by atoms with E-state index in [0.29, 0.717) is 27.2 Å². The molecule has 13 heteroatoms. The van der Waals surface area contributed by atoms with Gasteiger partial charge in [-0.15, -0.1) is 13.2 Å². The standard InChI is InChI=1S/C23H17ClF3N3O5S/c1-13-19(24)18-10-11-28-20(18)21(29-13)30(12-14-2-6-16(7-3-14)35-23(25,26)27)36(33,34)17-8-4-15(5-9-17)22(31)32/h2-11,28H,12H2,1H3,(H,31,32). The van der Waals surface area contributed by atoms with Crippen molar-refractivity contribution in [1.29, 1.82) is 0 Å². The summed E-state index contributed by atoms with van der Waals surface area (Å²) in [5.41, 5.74) is 0.916. The summed E-state index contributed by atoms with van der Waals surface area (Å²) < 4.78 is 69.9. The van der Waals surface area contributed by atoms with Gasteiger partial charge < -0.3 is 14.8 Å². The lowest BCUT2D eigenvalue weighted by atomic mass is 10.2. The van der Waals surface area contributed by atoms with Crippen molar-refractivity contribution in [3.05, 3.63) is 82.6 Å². The van der Waals surface area contributed by atoms with Gasteiger partial charge in [-0.2, -0.15) is 0 Å². The molecule has 0 spiro atoms. The molecule has 0 saturated heterocycles. The van der Waals surface area contributed by atoms with Crippen molar-refractivity contribution in [2.24, 2.45) is 0 Å². The number of carboxylic acid groups (broad SMARTS) is 1. The summed E-state index contributed by atoms with van der Waals surface area (Å²) in [4.78, 5) is 18.3. The molecule has 8 nitrogen and oxygen atoms in total. The van der Waals surface area contributed by atoms with E-state index < -0.39 is 28.1 Å². The fourth-order valence-electron chi connectivity index (χ4n) is 3.51. The Balaban J connectivity index is 1.82. The van der Waals surface area contributed by atoms with E-state index in [-0.39, 0.29) is 22.8 Å². The normalized spacial score (nSPS) is 12.0. The van der Waals surface area contributed by atoms with Crippen LogP contribution in [0.15, 0.2) is 65.7 Å². The van der Waals surface area contributed by atoms with Crippen LogP contribution in [0.1, 0.15) is 21.6 Å². The zero-order valence-corrected chi connectivity index (χ0v) is 19.9. The van der Waals surface area contributed by atoms with E-state index in [9.17, 15) is 26.4 Å². The average molecular weight is 540 g/mol. The van der Waals surface area contributed by atoms with Gasteiger partial charge in [-0.3, -0.25) is 0 Å². The first-order valence-corrected chi connectivity index (χ1v) is 12.0. The second-order valence-electron chi connectivity index (χ2n) is 7.63. The zero-order valence-electron chi connectivity index (χ0n) is 18.4. The number of rotatable bonds is 7. The number of anilines is 1. The molecule has 0 atom stereocenters. The average Bonchev–Trinajstić information content (AvgIpc) is 3.30. The number of carbonyl (C=O) groups is 1. The van der Waals surface area contributed by atoms with Gasteiger partial charge in [0, 0.05) is 11.6 Å². The summed E-state index contributed by atoms with van der Waals surface area (Å²) >= 11 is 6.34. The fraction of sp³-hybridized carbons (Fsp3) is 0.130. The quantitative estimate of drug-likeness (QED) is 0.320. The van der Waals surface area contributed by atoms with E-state index in [1.807, 2.05) is 0 Å². The minimum Gasteiger partial charge on any atom is -0.478 e. The minimum atomic E-state index is -4.87. The molecular weight excluding hydrogens is 523 g/mol. The number of hydrogen-bond donors (Lipinski definition) is 2. The van der Waals surface area contributed by atoms with Crippen LogP contribution < -0.4 is 9.04 Å². The van der Waals surface area contributed by atoms with Crippen molar-refractivity contribution in [3.63, 3.8) is 0 Å². The van der Waals surface area contributed by atoms with E-state index in [4.69, 9.17) is 16.7 Å². The smallest absolute Gasteiger partial charge is 0.478 e. The molecule has 0 saturated carbocycles. The van der Waals surface area contributed by atoms with Crippen LogP contribution in [0.25, 0.3) is 10.9 Å². The number of carboxylic acids is 1. The predicted molar refractivity (Wildman–Crippen MR) is 126 cm³/mol. The number of benzene rings is 2. The summed E-state index contributed by atoms with van der Waals surface area (Å²) in [5, 5.41) is 9.99. The van der Waals surface area contributed by atoms with E-state index in [2.05, 4.69) is 14.7 Å². The number of nitrogens with zero attached hydrogens (tertiary/aromatic N) is 2. The Kier molecular flexibility index (Phi) is 6.58. The lowest BCUT2D eigenvalue weighted by Gasteiger charge is -2.25. The van der Waals surface area contributed by atoms with Crippen molar-refractivity contribution in [2.45, 2.75) is 24.7 Å². The number of H-pyrrole nitrogens is 1. The predicted octanol–water partition coefficient (Wildman–Crippen LogP) is 5.52. The number of aromatic amines is 1. The number of aromatic carboxylic acids is 1. The Morgan fingerprint density at radius 3 is 2.33 bits per heavy atom. The topological polar surface area (TPSA) is 113 Å². The van der Waals surface area contributed by atoms with Gasteiger partial charge in [-0.25, -0.2) is 22.5 Å². The van der Waals surface area contributed by atoms with E-state index in [1.165, 1.54) is 12.1 Å². The van der Waals surface area contributed by atoms with Crippen molar-refractivity contribution in [1.82, 2.24) is 9.97 Å². The Morgan fingerprint density at radius 1 is 1.11 bits per heavy atom. The van der Waals surface area contributed by atoms with E-state index >= 15 is 0 Å². The number of hydrogen-bond acceptors (Lipinski definition) is 5. The number of halogens is 4. The molecule has 2 heterocycles. The number of ether oxygens (including phenoxy) is 1. The highest BCUT2D eigenvalue weighted by atomic mass is 35.5. The van der Waals surface area contributed by atoms with Crippen LogP contribution >= 0.6 is 11.6 Å². The van der Waals surface area contributed by atoms with Crippen LogP contribution in [0.4, 0.5) is 19.0 Å². The van der Waals surface area contributed by atoms with Gasteiger partial charge in [0.1, 0.15) is 5.75 Å². The largest absolute Gasteiger partial charge is 0.573 e. The number of alkyl halides is 3. The first-order valence-electron chi connectivity index (χ1n) is 10.2. The van der Waals surface area contributed by atoms with Crippen LogP contribution in [0.2, 0.25) is 5.02 Å². The first-order chi connectivity index (χ1) is 16.9. The molecule has 36 heavy (non-hydrogen) atoms. The third-order valence-corrected chi connectivity index (χ3v) is 7.43. The highest BCUT2D eigenvalue weighted by molar-refractivity contribution is 7.92. The Bertz CT molecular complexity index is 1540. The first kappa shape index (κ1) is 25.3. The molecule has 0 radical (unpaired) electrons. The third kappa shape index (κ3) is 5.09. The monoisotopic (exact) mass is 539 g/mol. The molecule has 0 bridgehead atoms. The van der Waals surface area contributed by atoms with Gasteiger partial charge >= 0.3 is 12.3 Å². The second-order valence-corrected chi connectivity index (χ2v) is 9.87. The van der Waals surface area contributed by atoms with Crippen LogP contribution in [0.5, 0.6) is 5.75 Å². The Hall–Kier alpha value is -3.77. The fourth-order valence-corrected chi connectivity index (χ4v) is 5.12. The molecule has 4 aromatic rings. The molecule has 0 fully saturated rings. The molecular formula is C23H17ClF3N3O5S. The maximum Gasteiger partial charge on any atom is 0.573 e. The lowest BCUT2D eigenvalue weighted by molar-refractivity contribution is -0.274. The van der Waals surface area contributed by atoms with Gasteiger partial charge in [0.2, 0.25) is 0 Å². The van der Waals surface area contributed by atoms with Crippen molar-refractivity contribution < 1.29 is 36.2 Å².